The highest BCUT2D eigenvalue weighted by Gasteiger charge is 2.07. The summed E-state index contributed by atoms with van der Waals surface area (Å²) in [6.07, 6.45) is 0.184. The van der Waals surface area contributed by atoms with Crippen molar-refractivity contribution in [2.24, 2.45) is 0 Å². The van der Waals surface area contributed by atoms with Crippen LogP contribution in [0.5, 0.6) is 0 Å². The monoisotopic (exact) mass is 154 g/mol. The predicted molar refractivity (Wildman–Crippen MR) is 36.2 cm³/mol. The number of rotatable bonds is 3. The zero-order valence-electron chi connectivity index (χ0n) is 5.35. The van der Waals surface area contributed by atoms with Crippen LogP contribution in [0.1, 0.15) is 13.8 Å². The number of hydrogen-bond acceptors (Lipinski definition) is 2. The summed E-state index contributed by atoms with van der Waals surface area (Å²) < 4.78 is 9.82. The molecule has 0 aliphatic heterocycles. The van der Waals surface area contributed by atoms with Gasteiger partial charge in [0, 0.05) is 13.2 Å². The number of halogens is 1. The summed E-state index contributed by atoms with van der Waals surface area (Å²) in [6, 6.07) is 0. The Bertz CT molecular complexity index is 60.0. The molecule has 0 aromatic heterocycles. The van der Waals surface area contributed by atoms with Gasteiger partial charge in [0.2, 0.25) is 0 Å². The minimum atomic E-state index is -1.77. The molecular weight excluding hydrogens is 144 g/mol. The largest absolute Gasteiger partial charge is 0.426 e. The quantitative estimate of drug-likeness (QED) is 0.447. The second kappa shape index (κ2) is 4.32. The Balaban J connectivity index is 3.10. The van der Waals surface area contributed by atoms with Gasteiger partial charge in [-0.15, -0.1) is 11.1 Å². The van der Waals surface area contributed by atoms with Crippen molar-refractivity contribution in [3.63, 3.8) is 0 Å². The van der Waals surface area contributed by atoms with Crippen LogP contribution in [0.15, 0.2) is 0 Å². The molecule has 2 nitrogen and oxygen atoms in total. The smallest absolute Gasteiger partial charge is 0.389 e. The zero-order chi connectivity index (χ0) is 6.57. The predicted octanol–water partition coefficient (Wildman–Crippen LogP) is 1.01. The van der Waals surface area contributed by atoms with Gasteiger partial charge in [-0.1, -0.05) is 0 Å². The highest BCUT2D eigenvalue weighted by Crippen LogP contribution is 1.97. The summed E-state index contributed by atoms with van der Waals surface area (Å²) in [5.74, 6) is 0. The molecule has 0 heterocycles. The molecule has 0 fully saturated rings. The molecule has 0 radical (unpaired) electrons. The molecular formula is C4H11ClO2Si. The van der Waals surface area contributed by atoms with E-state index in [1.807, 2.05) is 13.8 Å². The van der Waals surface area contributed by atoms with Gasteiger partial charge in [0.25, 0.3) is 0 Å². The third kappa shape index (κ3) is 4.58. The summed E-state index contributed by atoms with van der Waals surface area (Å²) in [5, 5.41) is 0. The van der Waals surface area contributed by atoms with Crippen molar-refractivity contribution in [3.05, 3.63) is 0 Å². The Morgan fingerprint density at radius 2 is 2.00 bits per heavy atom. The standard InChI is InChI=1S/C4H11ClO2Si/c1-4(2)7-8(5)6-3/h4,8H,1-3H3. The van der Waals surface area contributed by atoms with E-state index in [1.165, 1.54) is 0 Å². The van der Waals surface area contributed by atoms with Crippen LogP contribution in [0.3, 0.4) is 0 Å². The van der Waals surface area contributed by atoms with E-state index < -0.39 is 8.59 Å². The molecule has 1 atom stereocenters. The van der Waals surface area contributed by atoms with Crippen molar-refractivity contribution in [2.75, 3.05) is 7.11 Å². The third-order valence-corrected chi connectivity index (χ3v) is 2.54. The molecule has 0 aromatic carbocycles. The van der Waals surface area contributed by atoms with Gasteiger partial charge in [-0.05, 0) is 13.8 Å². The van der Waals surface area contributed by atoms with Gasteiger partial charge in [-0.25, -0.2) is 0 Å². The molecule has 0 spiro atoms. The van der Waals surface area contributed by atoms with E-state index in [9.17, 15) is 0 Å². The lowest BCUT2D eigenvalue weighted by Crippen LogP contribution is -2.18. The first-order valence-electron chi connectivity index (χ1n) is 2.49. The van der Waals surface area contributed by atoms with Crippen molar-refractivity contribution in [1.29, 1.82) is 0 Å². The average Bonchev–Trinajstić information content (AvgIpc) is 1.65. The van der Waals surface area contributed by atoms with Gasteiger partial charge in [-0.2, -0.15) is 0 Å². The first-order valence-corrected chi connectivity index (χ1v) is 5.18. The van der Waals surface area contributed by atoms with Gasteiger partial charge in [0.05, 0.1) is 0 Å². The molecule has 0 aromatic rings. The Labute approximate surface area is 56.3 Å². The first kappa shape index (κ1) is 8.43. The Morgan fingerprint density at radius 1 is 1.50 bits per heavy atom. The Morgan fingerprint density at radius 3 is 2.12 bits per heavy atom. The summed E-state index contributed by atoms with van der Waals surface area (Å²) in [5.41, 5.74) is 0. The van der Waals surface area contributed by atoms with Crippen molar-refractivity contribution in [3.8, 4) is 0 Å². The molecule has 1 unspecified atom stereocenters. The van der Waals surface area contributed by atoms with Crippen molar-refractivity contribution in [1.82, 2.24) is 0 Å². The molecule has 0 aliphatic rings. The fourth-order valence-electron chi connectivity index (χ4n) is 0.270. The van der Waals surface area contributed by atoms with Gasteiger partial charge in [0.15, 0.2) is 0 Å². The average molecular weight is 155 g/mol. The number of hydrogen-bond donors (Lipinski definition) is 0. The lowest BCUT2D eigenvalue weighted by atomic mass is 10.5. The van der Waals surface area contributed by atoms with E-state index >= 15 is 0 Å². The van der Waals surface area contributed by atoms with Crippen molar-refractivity contribution < 1.29 is 8.85 Å². The highest BCUT2D eigenvalue weighted by atomic mass is 35.6. The fourth-order valence-corrected chi connectivity index (χ4v) is 1.43. The van der Waals surface area contributed by atoms with Crippen molar-refractivity contribution >= 4 is 19.7 Å². The van der Waals surface area contributed by atoms with Crippen LogP contribution >= 0.6 is 11.1 Å². The van der Waals surface area contributed by atoms with E-state index in [0.29, 0.717) is 0 Å². The van der Waals surface area contributed by atoms with E-state index in [0.717, 1.165) is 0 Å². The van der Waals surface area contributed by atoms with Gasteiger partial charge in [-0.3, -0.25) is 0 Å². The minimum Gasteiger partial charge on any atom is -0.389 e. The molecule has 4 heteroatoms. The molecule has 0 saturated heterocycles. The van der Waals surface area contributed by atoms with Crippen LogP contribution in [0.4, 0.5) is 0 Å². The van der Waals surface area contributed by atoms with E-state index in [1.54, 1.807) is 7.11 Å². The molecule has 0 aliphatic carbocycles. The maximum absolute atomic E-state index is 5.55. The molecule has 0 rings (SSSR count). The summed E-state index contributed by atoms with van der Waals surface area (Å²) in [7, 11) is -0.205. The summed E-state index contributed by atoms with van der Waals surface area (Å²) >= 11 is 5.55. The van der Waals surface area contributed by atoms with E-state index in [4.69, 9.17) is 19.9 Å². The lowest BCUT2D eigenvalue weighted by Gasteiger charge is -2.09. The SMILES string of the molecule is CO[SiH](Cl)OC(C)C. The second-order valence-electron chi connectivity index (χ2n) is 1.69. The molecule has 50 valence electrons. The van der Waals surface area contributed by atoms with Crippen LogP contribution in [-0.4, -0.2) is 21.8 Å². The molecule has 0 saturated carbocycles. The third-order valence-electron chi connectivity index (χ3n) is 0.564. The second-order valence-corrected chi connectivity index (χ2v) is 4.06. The van der Waals surface area contributed by atoms with Gasteiger partial charge >= 0.3 is 8.59 Å². The zero-order valence-corrected chi connectivity index (χ0v) is 7.26. The van der Waals surface area contributed by atoms with Gasteiger partial charge < -0.3 is 8.85 Å². The van der Waals surface area contributed by atoms with Crippen LogP contribution < -0.4 is 0 Å². The van der Waals surface area contributed by atoms with E-state index in [2.05, 4.69) is 0 Å². The first-order chi connectivity index (χ1) is 3.66. The molecule has 0 N–H and O–H groups in total. The Hall–Kier alpha value is 0.427. The lowest BCUT2D eigenvalue weighted by molar-refractivity contribution is 0.194. The minimum absolute atomic E-state index is 0.184. The summed E-state index contributed by atoms with van der Waals surface area (Å²) in [6.45, 7) is 3.86. The molecule has 0 bridgehead atoms. The highest BCUT2D eigenvalue weighted by molar-refractivity contribution is 6.99. The fraction of sp³-hybridized carbons (Fsp3) is 1.00. The summed E-state index contributed by atoms with van der Waals surface area (Å²) in [4.78, 5) is 0. The topological polar surface area (TPSA) is 18.5 Å². The van der Waals surface area contributed by atoms with Crippen LogP contribution in [0, 0.1) is 0 Å². The maximum Gasteiger partial charge on any atom is 0.426 e. The van der Waals surface area contributed by atoms with Gasteiger partial charge in [0.1, 0.15) is 0 Å². The van der Waals surface area contributed by atoms with Crippen LogP contribution in [0.25, 0.3) is 0 Å². The Kier molecular flexibility index (Phi) is 4.55. The van der Waals surface area contributed by atoms with Crippen LogP contribution in [0.2, 0.25) is 0 Å². The van der Waals surface area contributed by atoms with E-state index in [-0.39, 0.29) is 6.10 Å². The van der Waals surface area contributed by atoms with Crippen molar-refractivity contribution in [2.45, 2.75) is 20.0 Å². The normalized spacial score (nSPS) is 14.6. The molecule has 0 amide bonds. The van der Waals surface area contributed by atoms with Crippen LogP contribution in [-0.2, 0) is 8.85 Å². The maximum atomic E-state index is 5.55. The molecule has 8 heavy (non-hydrogen) atoms.